The molecule has 304 valence electrons. The summed E-state index contributed by atoms with van der Waals surface area (Å²) in [6.07, 6.45) is 49.4. The van der Waals surface area contributed by atoms with Crippen LogP contribution in [0.15, 0.2) is 60.8 Å². The molecular formula is C47H80O6. The van der Waals surface area contributed by atoms with Gasteiger partial charge in [0.05, 0.1) is 0 Å². The fraction of sp³-hybridized carbons (Fsp3) is 0.723. The molecule has 1 atom stereocenters. The molecular weight excluding hydrogens is 661 g/mol. The minimum Gasteiger partial charge on any atom is -0.462 e. The predicted octanol–water partition coefficient (Wildman–Crippen LogP) is 13.7. The maximum Gasteiger partial charge on any atom is 0.306 e. The Morgan fingerprint density at radius 2 is 0.736 bits per heavy atom. The Morgan fingerprint density at radius 3 is 1.15 bits per heavy atom. The lowest BCUT2D eigenvalue weighted by Crippen LogP contribution is -2.30. The number of unbranched alkanes of at least 4 members (excludes halogenated alkanes) is 17. The molecule has 53 heavy (non-hydrogen) atoms. The molecule has 6 heteroatoms. The van der Waals surface area contributed by atoms with Gasteiger partial charge in [-0.2, -0.15) is 0 Å². The van der Waals surface area contributed by atoms with Crippen LogP contribution in [0, 0.1) is 0 Å². The first kappa shape index (κ1) is 50.1. The molecule has 0 saturated carbocycles. The van der Waals surface area contributed by atoms with E-state index in [0.717, 1.165) is 77.0 Å². The minimum absolute atomic E-state index is 0.0911. The lowest BCUT2D eigenvalue weighted by atomic mass is 10.0. The third-order valence-electron chi connectivity index (χ3n) is 9.04. The Balaban J connectivity index is 4.38. The van der Waals surface area contributed by atoms with Crippen LogP contribution in [-0.2, 0) is 28.6 Å². The molecule has 0 saturated heterocycles. The molecule has 0 N–H and O–H groups in total. The zero-order valence-electron chi connectivity index (χ0n) is 34.5. The number of allylic oxidation sites excluding steroid dienone is 10. The van der Waals surface area contributed by atoms with Crippen molar-refractivity contribution < 1.29 is 28.6 Å². The minimum atomic E-state index is -0.789. The van der Waals surface area contributed by atoms with E-state index in [4.69, 9.17) is 14.2 Å². The van der Waals surface area contributed by atoms with Gasteiger partial charge < -0.3 is 14.2 Å². The van der Waals surface area contributed by atoms with Crippen LogP contribution in [0.1, 0.15) is 201 Å². The molecule has 1 unspecified atom stereocenters. The van der Waals surface area contributed by atoms with Gasteiger partial charge in [0.15, 0.2) is 6.10 Å². The van der Waals surface area contributed by atoms with Crippen molar-refractivity contribution in [3.63, 3.8) is 0 Å². The molecule has 0 aromatic heterocycles. The van der Waals surface area contributed by atoms with E-state index in [0.29, 0.717) is 19.3 Å². The first-order valence-corrected chi connectivity index (χ1v) is 21.8. The monoisotopic (exact) mass is 741 g/mol. The number of hydrogen-bond acceptors (Lipinski definition) is 6. The molecule has 0 rings (SSSR count). The quantitative estimate of drug-likeness (QED) is 0.0271. The first-order chi connectivity index (χ1) is 26.0. The van der Waals surface area contributed by atoms with Crippen molar-refractivity contribution in [2.45, 2.75) is 207 Å². The number of esters is 3. The van der Waals surface area contributed by atoms with Gasteiger partial charge in [0.25, 0.3) is 0 Å². The van der Waals surface area contributed by atoms with Crippen LogP contribution >= 0.6 is 0 Å². The molecule has 0 fully saturated rings. The lowest BCUT2D eigenvalue weighted by Gasteiger charge is -2.18. The second kappa shape index (κ2) is 41.9. The number of ether oxygens (including phenoxy) is 3. The van der Waals surface area contributed by atoms with Gasteiger partial charge in [-0.1, -0.05) is 184 Å². The van der Waals surface area contributed by atoms with Crippen molar-refractivity contribution in [2.24, 2.45) is 0 Å². The second-order valence-corrected chi connectivity index (χ2v) is 14.2. The Labute approximate surface area is 326 Å². The highest BCUT2D eigenvalue weighted by molar-refractivity contribution is 5.71. The molecule has 0 spiro atoms. The van der Waals surface area contributed by atoms with Crippen molar-refractivity contribution in [1.29, 1.82) is 0 Å². The molecule has 6 nitrogen and oxygen atoms in total. The second-order valence-electron chi connectivity index (χ2n) is 14.2. The fourth-order valence-electron chi connectivity index (χ4n) is 5.77. The zero-order chi connectivity index (χ0) is 38.7. The Bertz CT molecular complexity index is 991. The van der Waals surface area contributed by atoms with Gasteiger partial charge >= 0.3 is 17.9 Å². The van der Waals surface area contributed by atoms with Gasteiger partial charge in [-0.25, -0.2) is 0 Å². The molecule has 0 aliphatic heterocycles. The average molecular weight is 741 g/mol. The maximum absolute atomic E-state index is 12.6. The van der Waals surface area contributed by atoms with E-state index in [1.165, 1.54) is 77.0 Å². The SMILES string of the molecule is CC/C=C\C/C=C\C/C=C\C/C=C\C/C=C\CCCC(=O)OCC(COC(=O)CCCCCCCC)OC(=O)CCCCCCCCCCCCCC. The van der Waals surface area contributed by atoms with Crippen LogP contribution in [0.3, 0.4) is 0 Å². The first-order valence-electron chi connectivity index (χ1n) is 21.8. The molecule has 0 amide bonds. The van der Waals surface area contributed by atoms with Crippen LogP contribution in [0.25, 0.3) is 0 Å². The molecule has 0 heterocycles. The van der Waals surface area contributed by atoms with Crippen molar-refractivity contribution in [3.05, 3.63) is 60.8 Å². The summed E-state index contributed by atoms with van der Waals surface area (Å²) in [5.41, 5.74) is 0. The van der Waals surface area contributed by atoms with Crippen LogP contribution in [-0.4, -0.2) is 37.2 Å². The fourth-order valence-corrected chi connectivity index (χ4v) is 5.77. The van der Waals surface area contributed by atoms with E-state index in [9.17, 15) is 14.4 Å². The van der Waals surface area contributed by atoms with E-state index in [1.807, 2.05) is 0 Å². The highest BCUT2D eigenvalue weighted by atomic mass is 16.6. The summed E-state index contributed by atoms with van der Waals surface area (Å²) in [6, 6.07) is 0. The number of carbonyl (C=O) groups excluding carboxylic acids is 3. The topological polar surface area (TPSA) is 78.9 Å². The molecule has 0 aromatic carbocycles. The van der Waals surface area contributed by atoms with E-state index < -0.39 is 6.10 Å². The Hall–Kier alpha value is -2.89. The Kier molecular flexibility index (Phi) is 39.6. The molecule has 0 aliphatic carbocycles. The summed E-state index contributed by atoms with van der Waals surface area (Å²) in [5.74, 6) is -0.966. The third kappa shape index (κ3) is 40.1. The van der Waals surface area contributed by atoms with E-state index in [2.05, 4.69) is 81.5 Å². The Morgan fingerprint density at radius 1 is 0.396 bits per heavy atom. The third-order valence-corrected chi connectivity index (χ3v) is 9.04. The summed E-state index contributed by atoms with van der Waals surface area (Å²) in [6.45, 7) is 6.39. The number of hydrogen-bond donors (Lipinski definition) is 0. The van der Waals surface area contributed by atoms with Crippen molar-refractivity contribution in [2.75, 3.05) is 13.2 Å². The summed E-state index contributed by atoms with van der Waals surface area (Å²) in [5, 5.41) is 0. The summed E-state index contributed by atoms with van der Waals surface area (Å²) < 4.78 is 16.6. The zero-order valence-corrected chi connectivity index (χ0v) is 34.5. The smallest absolute Gasteiger partial charge is 0.306 e. The van der Waals surface area contributed by atoms with E-state index >= 15 is 0 Å². The standard InChI is InChI=1S/C47H80O6/c1-4-7-10-13-16-18-20-22-23-24-25-26-28-29-31-34-37-40-46(49)52-43-44(42-51-45(48)39-36-33-15-12-9-6-3)53-47(50)41-38-35-32-30-27-21-19-17-14-11-8-5-2/h7,10,16,18,22-23,25-26,29,31,44H,4-6,8-9,11-15,17,19-21,24,27-28,30,32-43H2,1-3H3/b10-7-,18-16-,23-22-,26-25-,31-29-. The van der Waals surface area contributed by atoms with Crippen molar-refractivity contribution >= 4 is 17.9 Å². The normalized spacial score (nSPS) is 12.6. The van der Waals surface area contributed by atoms with E-state index in [-0.39, 0.29) is 37.5 Å². The van der Waals surface area contributed by atoms with Gasteiger partial charge in [-0.15, -0.1) is 0 Å². The summed E-state index contributed by atoms with van der Waals surface area (Å²) in [7, 11) is 0. The van der Waals surface area contributed by atoms with Gasteiger partial charge in [-0.3, -0.25) is 14.4 Å². The van der Waals surface area contributed by atoms with Crippen LogP contribution in [0.5, 0.6) is 0 Å². The van der Waals surface area contributed by atoms with Crippen LogP contribution in [0.4, 0.5) is 0 Å². The molecule has 0 radical (unpaired) electrons. The van der Waals surface area contributed by atoms with E-state index in [1.54, 1.807) is 0 Å². The van der Waals surface area contributed by atoms with Crippen LogP contribution in [0.2, 0.25) is 0 Å². The highest BCUT2D eigenvalue weighted by Crippen LogP contribution is 2.14. The van der Waals surface area contributed by atoms with Crippen LogP contribution < -0.4 is 0 Å². The van der Waals surface area contributed by atoms with Gasteiger partial charge in [-0.05, 0) is 57.8 Å². The highest BCUT2D eigenvalue weighted by Gasteiger charge is 2.19. The predicted molar refractivity (Wildman–Crippen MR) is 224 cm³/mol. The molecule has 0 aliphatic rings. The summed E-state index contributed by atoms with van der Waals surface area (Å²) in [4.78, 5) is 37.5. The van der Waals surface area contributed by atoms with Gasteiger partial charge in [0, 0.05) is 19.3 Å². The van der Waals surface area contributed by atoms with Crippen molar-refractivity contribution in [3.8, 4) is 0 Å². The average Bonchev–Trinajstić information content (AvgIpc) is 3.15. The lowest BCUT2D eigenvalue weighted by molar-refractivity contribution is -0.167. The maximum atomic E-state index is 12.6. The number of carbonyl (C=O) groups is 3. The molecule has 0 bridgehead atoms. The van der Waals surface area contributed by atoms with Crippen molar-refractivity contribution in [1.82, 2.24) is 0 Å². The van der Waals surface area contributed by atoms with Gasteiger partial charge in [0.1, 0.15) is 13.2 Å². The number of rotatable bonds is 38. The molecule has 0 aromatic rings. The summed E-state index contributed by atoms with van der Waals surface area (Å²) >= 11 is 0. The largest absolute Gasteiger partial charge is 0.462 e. The van der Waals surface area contributed by atoms with Gasteiger partial charge in [0.2, 0.25) is 0 Å².